The fourth-order valence-corrected chi connectivity index (χ4v) is 3.34. The highest BCUT2D eigenvalue weighted by Gasteiger charge is 2.12. The molecule has 0 radical (unpaired) electrons. The highest BCUT2D eigenvalue weighted by molar-refractivity contribution is 5.94. The maximum absolute atomic E-state index is 12.9. The molecule has 0 amide bonds. The van der Waals surface area contributed by atoms with E-state index in [1.54, 1.807) is 37.4 Å². The highest BCUT2D eigenvalue weighted by atomic mass is 16.5. The van der Waals surface area contributed by atoms with Gasteiger partial charge in [-0.2, -0.15) is 0 Å². The number of benzene rings is 3. The van der Waals surface area contributed by atoms with E-state index in [1.165, 1.54) is 0 Å². The molecule has 3 aromatic carbocycles. The van der Waals surface area contributed by atoms with Gasteiger partial charge < -0.3 is 14.4 Å². The van der Waals surface area contributed by atoms with Crippen LogP contribution in [-0.2, 0) is 6.54 Å². The molecule has 0 unspecified atom stereocenters. The van der Waals surface area contributed by atoms with Crippen LogP contribution in [0.4, 0.5) is 0 Å². The Bertz CT molecular complexity index is 1220. The molecule has 1 aromatic heterocycles. The zero-order chi connectivity index (χ0) is 19.0. The van der Waals surface area contributed by atoms with Crippen molar-refractivity contribution in [2.75, 3.05) is 7.11 Å². The third kappa shape index (κ3) is 2.93. The monoisotopic (exact) mass is 359 g/mol. The number of carboxylic acid groups (broad SMARTS) is 1. The van der Waals surface area contributed by atoms with Crippen molar-refractivity contribution in [1.29, 1.82) is 0 Å². The Morgan fingerprint density at radius 1 is 0.963 bits per heavy atom. The quantitative estimate of drug-likeness (QED) is 0.561. The van der Waals surface area contributed by atoms with E-state index in [0.29, 0.717) is 23.1 Å². The molecule has 134 valence electrons. The van der Waals surface area contributed by atoms with Gasteiger partial charge >= 0.3 is 5.97 Å². The van der Waals surface area contributed by atoms with Gasteiger partial charge in [-0.05, 0) is 48.0 Å². The molecule has 4 rings (SSSR count). The summed E-state index contributed by atoms with van der Waals surface area (Å²) in [4.78, 5) is 24.0. The Kier molecular flexibility index (Phi) is 4.12. The summed E-state index contributed by atoms with van der Waals surface area (Å²) >= 11 is 0. The SMILES string of the molecule is COc1ccc2c(c1)c(=O)c1ccccc1n2Cc1ccc(C(=O)O)cc1. The number of nitrogens with zero attached hydrogens (tertiary/aromatic N) is 1. The van der Waals surface area contributed by atoms with Crippen LogP contribution in [0.2, 0.25) is 0 Å². The van der Waals surface area contributed by atoms with Crippen LogP contribution in [0.1, 0.15) is 15.9 Å². The Labute approximate surface area is 155 Å². The molecule has 0 saturated heterocycles. The summed E-state index contributed by atoms with van der Waals surface area (Å²) in [6.07, 6.45) is 0. The van der Waals surface area contributed by atoms with Crippen LogP contribution in [0.3, 0.4) is 0 Å². The summed E-state index contributed by atoms with van der Waals surface area (Å²) < 4.78 is 7.35. The minimum Gasteiger partial charge on any atom is -0.497 e. The van der Waals surface area contributed by atoms with Gasteiger partial charge in [0.1, 0.15) is 5.75 Å². The van der Waals surface area contributed by atoms with E-state index >= 15 is 0 Å². The number of para-hydroxylation sites is 1. The largest absolute Gasteiger partial charge is 0.497 e. The zero-order valence-electron chi connectivity index (χ0n) is 14.7. The van der Waals surface area contributed by atoms with Crippen LogP contribution in [0, 0.1) is 0 Å². The lowest BCUT2D eigenvalue weighted by Crippen LogP contribution is -2.12. The number of carboxylic acids is 1. The van der Waals surface area contributed by atoms with Gasteiger partial charge in [-0.3, -0.25) is 4.79 Å². The summed E-state index contributed by atoms with van der Waals surface area (Å²) in [6.45, 7) is 0.517. The summed E-state index contributed by atoms with van der Waals surface area (Å²) in [5.41, 5.74) is 2.81. The van der Waals surface area contributed by atoms with Crippen molar-refractivity contribution in [2.45, 2.75) is 6.54 Å². The number of carbonyl (C=O) groups is 1. The van der Waals surface area contributed by atoms with Gasteiger partial charge in [-0.25, -0.2) is 4.79 Å². The van der Waals surface area contributed by atoms with Crippen molar-refractivity contribution in [3.8, 4) is 5.75 Å². The van der Waals surface area contributed by atoms with Crippen molar-refractivity contribution in [2.24, 2.45) is 0 Å². The second-order valence-electron chi connectivity index (χ2n) is 6.32. The smallest absolute Gasteiger partial charge is 0.335 e. The molecular weight excluding hydrogens is 342 g/mol. The van der Waals surface area contributed by atoms with Crippen molar-refractivity contribution >= 4 is 27.8 Å². The van der Waals surface area contributed by atoms with Gasteiger partial charge in [-0.1, -0.05) is 24.3 Å². The number of aromatic nitrogens is 1. The third-order valence-corrected chi connectivity index (χ3v) is 4.72. The minimum absolute atomic E-state index is 0.0306. The number of aromatic carboxylic acids is 1. The molecule has 5 nitrogen and oxygen atoms in total. The second-order valence-corrected chi connectivity index (χ2v) is 6.32. The first-order valence-corrected chi connectivity index (χ1v) is 8.50. The summed E-state index contributed by atoms with van der Waals surface area (Å²) in [7, 11) is 1.57. The van der Waals surface area contributed by atoms with Crippen molar-refractivity contribution in [3.05, 3.63) is 88.1 Å². The number of fused-ring (bicyclic) bond motifs is 2. The van der Waals surface area contributed by atoms with Crippen LogP contribution in [0.15, 0.2) is 71.5 Å². The third-order valence-electron chi connectivity index (χ3n) is 4.72. The molecule has 0 aliphatic carbocycles. The topological polar surface area (TPSA) is 68.5 Å². The summed E-state index contributed by atoms with van der Waals surface area (Å²) in [6, 6.07) is 19.7. The number of ether oxygens (including phenoxy) is 1. The average Bonchev–Trinajstić information content (AvgIpc) is 2.71. The number of pyridine rings is 1. The van der Waals surface area contributed by atoms with E-state index in [1.807, 2.05) is 36.4 Å². The number of methoxy groups -OCH3 is 1. The van der Waals surface area contributed by atoms with E-state index in [9.17, 15) is 9.59 Å². The molecular formula is C22H17NO4. The van der Waals surface area contributed by atoms with Crippen molar-refractivity contribution in [1.82, 2.24) is 4.57 Å². The van der Waals surface area contributed by atoms with Crippen molar-refractivity contribution < 1.29 is 14.6 Å². The lowest BCUT2D eigenvalue weighted by molar-refractivity contribution is 0.0697. The number of hydrogen-bond acceptors (Lipinski definition) is 3. The zero-order valence-corrected chi connectivity index (χ0v) is 14.7. The standard InChI is InChI=1S/C22H17NO4/c1-27-16-10-11-20-18(12-16)21(24)17-4-2-3-5-19(17)23(20)13-14-6-8-15(9-7-14)22(25)26/h2-12H,13H2,1H3,(H,25,26). The van der Waals surface area contributed by atoms with E-state index in [4.69, 9.17) is 9.84 Å². The number of hydrogen-bond donors (Lipinski definition) is 1. The van der Waals surface area contributed by atoms with Gasteiger partial charge in [0, 0.05) is 17.3 Å². The number of rotatable bonds is 4. The van der Waals surface area contributed by atoms with Crippen LogP contribution < -0.4 is 10.2 Å². The fourth-order valence-electron chi connectivity index (χ4n) is 3.34. The van der Waals surface area contributed by atoms with Crippen LogP contribution in [-0.4, -0.2) is 22.8 Å². The molecule has 0 atom stereocenters. The molecule has 1 heterocycles. The summed E-state index contributed by atoms with van der Waals surface area (Å²) in [5.74, 6) is -0.319. The van der Waals surface area contributed by atoms with E-state index in [-0.39, 0.29) is 11.0 Å². The molecule has 0 saturated carbocycles. The first kappa shape index (κ1) is 16.8. The molecule has 1 N–H and O–H groups in total. The van der Waals surface area contributed by atoms with Crippen LogP contribution >= 0.6 is 0 Å². The second kappa shape index (κ2) is 6.61. The van der Waals surface area contributed by atoms with Gasteiger partial charge in [0.05, 0.1) is 23.7 Å². The van der Waals surface area contributed by atoms with Crippen LogP contribution in [0.5, 0.6) is 5.75 Å². The molecule has 0 aliphatic heterocycles. The molecule has 4 aromatic rings. The molecule has 0 bridgehead atoms. The molecule has 0 spiro atoms. The first-order valence-electron chi connectivity index (χ1n) is 8.50. The van der Waals surface area contributed by atoms with E-state index in [0.717, 1.165) is 16.6 Å². The predicted octanol–water partition coefficient (Wildman–Crippen LogP) is 3.91. The Balaban J connectivity index is 1.95. The minimum atomic E-state index is -0.951. The normalized spacial score (nSPS) is 11.0. The van der Waals surface area contributed by atoms with Crippen molar-refractivity contribution in [3.63, 3.8) is 0 Å². The maximum atomic E-state index is 12.9. The summed E-state index contributed by atoms with van der Waals surface area (Å²) in [5, 5.41) is 10.3. The fraction of sp³-hybridized carbons (Fsp3) is 0.0909. The predicted molar refractivity (Wildman–Crippen MR) is 105 cm³/mol. The molecule has 0 fully saturated rings. The van der Waals surface area contributed by atoms with Gasteiger partial charge in [0.2, 0.25) is 0 Å². The van der Waals surface area contributed by atoms with Gasteiger partial charge in [0.25, 0.3) is 0 Å². The highest BCUT2D eigenvalue weighted by Crippen LogP contribution is 2.24. The Morgan fingerprint density at radius 2 is 1.67 bits per heavy atom. The van der Waals surface area contributed by atoms with Crippen LogP contribution in [0.25, 0.3) is 21.8 Å². The maximum Gasteiger partial charge on any atom is 0.335 e. The van der Waals surface area contributed by atoms with E-state index < -0.39 is 5.97 Å². The molecule has 0 aliphatic rings. The van der Waals surface area contributed by atoms with Gasteiger partial charge in [0.15, 0.2) is 5.43 Å². The first-order chi connectivity index (χ1) is 13.1. The lowest BCUT2D eigenvalue weighted by Gasteiger charge is -2.16. The molecule has 27 heavy (non-hydrogen) atoms. The Morgan fingerprint density at radius 3 is 2.37 bits per heavy atom. The average molecular weight is 359 g/mol. The molecule has 5 heteroatoms. The lowest BCUT2D eigenvalue weighted by atomic mass is 10.1. The van der Waals surface area contributed by atoms with E-state index in [2.05, 4.69) is 4.57 Å². The Hall–Kier alpha value is -3.60. The van der Waals surface area contributed by atoms with Gasteiger partial charge in [-0.15, -0.1) is 0 Å².